The van der Waals surface area contributed by atoms with Crippen LogP contribution in [0.4, 0.5) is 4.39 Å². The Balaban J connectivity index is 2.73. The summed E-state index contributed by atoms with van der Waals surface area (Å²) in [5.74, 6) is 0.723. The molecular formula is C12H18FNO. The standard InChI is InChI=1S/C12H18FNO/c1-9(2)15-11-6-4-5-10(7-11)12(13)8-14-3/h4-7,9,12,14H,8H2,1-3H3. The number of halogens is 1. The van der Waals surface area contributed by atoms with E-state index in [0.717, 1.165) is 5.75 Å². The number of rotatable bonds is 5. The highest BCUT2D eigenvalue weighted by Gasteiger charge is 2.09. The van der Waals surface area contributed by atoms with Gasteiger partial charge in [-0.05, 0) is 38.6 Å². The molecule has 0 radical (unpaired) electrons. The van der Waals surface area contributed by atoms with Gasteiger partial charge in [-0.15, -0.1) is 0 Å². The molecule has 0 saturated heterocycles. The lowest BCUT2D eigenvalue weighted by molar-refractivity contribution is 0.241. The first-order chi connectivity index (χ1) is 7.13. The first kappa shape index (κ1) is 12.0. The van der Waals surface area contributed by atoms with Gasteiger partial charge in [-0.2, -0.15) is 0 Å². The molecular weight excluding hydrogens is 193 g/mol. The molecule has 2 nitrogen and oxygen atoms in total. The van der Waals surface area contributed by atoms with Crippen molar-refractivity contribution in [1.29, 1.82) is 0 Å². The lowest BCUT2D eigenvalue weighted by Gasteiger charge is -2.12. The number of likely N-dealkylation sites (N-methyl/N-ethyl adjacent to an activating group) is 1. The van der Waals surface area contributed by atoms with Gasteiger partial charge in [-0.3, -0.25) is 0 Å². The van der Waals surface area contributed by atoms with Crippen LogP contribution in [0.25, 0.3) is 0 Å². The third kappa shape index (κ3) is 3.88. The topological polar surface area (TPSA) is 21.3 Å². The van der Waals surface area contributed by atoms with Crippen molar-refractivity contribution in [2.75, 3.05) is 13.6 Å². The van der Waals surface area contributed by atoms with Gasteiger partial charge in [0.05, 0.1) is 6.10 Å². The fraction of sp³-hybridized carbons (Fsp3) is 0.500. The van der Waals surface area contributed by atoms with Crippen molar-refractivity contribution < 1.29 is 9.13 Å². The Hall–Kier alpha value is -1.09. The lowest BCUT2D eigenvalue weighted by atomic mass is 10.1. The van der Waals surface area contributed by atoms with Crippen LogP contribution in [0.15, 0.2) is 24.3 Å². The Labute approximate surface area is 90.4 Å². The molecule has 0 aliphatic carbocycles. The Kier molecular flexibility index (Phi) is 4.56. The predicted molar refractivity (Wildman–Crippen MR) is 60.0 cm³/mol. The maximum Gasteiger partial charge on any atom is 0.138 e. The molecule has 0 aromatic heterocycles. The zero-order valence-corrected chi connectivity index (χ0v) is 9.46. The molecule has 0 aliphatic rings. The van der Waals surface area contributed by atoms with Crippen LogP contribution in [-0.2, 0) is 0 Å². The van der Waals surface area contributed by atoms with E-state index in [1.54, 1.807) is 19.2 Å². The van der Waals surface area contributed by atoms with Crippen LogP contribution in [0.5, 0.6) is 5.75 Å². The second-order valence-electron chi connectivity index (χ2n) is 3.76. The largest absolute Gasteiger partial charge is 0.491 e. The molecule has 15 heavy (non-hydrogen) atoms. The number of benzene rings is 1. The summed E-state index contributed by atoms with van der Waals surface area (Å²) in [5, 5.41) is 2.81. The number of alkyl halides is 1. The number of hydrogen-bond acceptors (Lipinski definition) is 2. The third-order valence-electron chi connectivity index (χ3n) is 1.97. The van der Waals surface area contributed by atoms with Crippen molar-refractivity contribution in [1.82, 2.24) is 5.32 Å². The average molecular weight is 211 g/mol. The van der Waals surface area contributed by atoms with E-state index < -0.39 is 6.17 Å². The molecule has 1 atom stereocenters. The van der Waals surface area contributed by atoms with Crippen molar-refractivity contribution in [3.63, 3.8) is 0 Å². The fourth-order valence-corrected chi connectivity index (χ4v) is 1.35. The van der Waals surface area contributed by atoms with E-state index >= 15 is 0 Å². The molecule has 1 unspecified atom stereocenters. The van der Waals surface area contributed by atoms with E-state index in [1.807, 2.05) is 26.0 Å². The van der Waals surface area contributed by atoms with Crippen molar-refractivity contribution in [3.8, 4) is 5.75 Å². The number of nitrogens with one attached hydrogen (secondary N) is 1. The molecule has 1 rings (SSSR count). The van der Waals surface area contributed by atoms with E-state index in [4.69, 9.17) is 4.74 Å². The Morgan fingerprint density at radius 2 is 2.13 bits per heavy atom. The van der Waals surface area contributed by atoms with Gasteiger partial charge in [0, 0.05) is 6.54 Å². The van der Waals surface area contributed by atoms with Gasteiger partial charge in [0.1, 0.15) is 11.9 Å². The van der Waals surface area contributed by atoms with Gasteiger partial charge >= 0.3 is 0 Å². The smallest absolute Gasteiger partial charge is 0.138 e. The van der Waals surface area contributed by atoms with Gasteiger partial charge < -0.3 is 10.1 Å². The minimum atomic E-state index is -0.981. The molecule has 84 valence electrons. The van der Waals surface area contributed by atoms with Crippen molar-refractivity contribution in [2.24, 2.45) is 0 Å². The number of ether oxygens (including phenoxy) is 1. The summed E-state index contributed by atoms with van der Waals surface area (Å²) in [6.45, 7) is 4.23. The summed E-state index contributed by atoms with van der Waals surface area (Å²) < 4.78 is 19.0. The SMILES string of the molecule is CNCC(F)c1cccc(OC(C)C)c1. The van der Waals surface area contributed by atoms with Crippen LogP contribution in [-0.4, -0.2) is 19.7 Å². The Morgan fingerprint density at radius 3 is 2.73 bits per heavy atom. The molecule has 1 aromatic carbocycles. The normalized spacial score (nSPS) is 12.9. The van der Waals surface area contributed by atoms with Crippen molar-refractivity contribution in [2.45, 2.75) is 26.1 Å². The average Bonchev–Trinajstić information content (AvgIpc) is 2.17. The molecule has 0 fully saturated rings. The summed E-state index contributed by atoms with van der Waals surface area (Å²) in [5.41, 5.74) is 0.655. The third-order valence-corrected chi connectivity index (χ3v) is 1.97. The van der Waals surface area contributed by atoms with Gasteiger partial charge in [-0.1, -0.05) is 12.1 Å². The highest BCUT2D eigenvalue weighted by molar-refractivity contribution is 5.30. The van der Waals surface area contributed by atoms with Crippen molar-refractivity contribution >= 4 is 0 Å². The molecule has 0 amide bonds. The predicted octanol–water partition coefficient (Wildman–Crippen LogP) is 2.70. The van der Waals surface area contributed by atoms with Gasteiger partial charge in [-0.25, -0.2) is 4.39 Å². The molecule has 1 N–H and O–H groups in total. The van der Waals surface area contributed by atoms with Crippen LogP contribution in [0.3, 0.4) is 0 Å². The summed E-state index contributed by atoms with van der Waals surface area (Å²) >= 11 is 0. The summed E-state index contributed by atoms with van der Waals surface area (Å²) in [7, 11) is 1.74. The summed E-state index contributed by atoms with van der Waals surface area (Å²) in [4.78, 5) is 0. The van der Waals surface area contributed by atoms with E-state index in [-0.39, 0.29) is 6.10 Å². The van der Waals surface area contributed by atoms with E-state index in [2.05, 4.69) is 5.32 Å². The highest BCUT2D eigenvalue weighted by Crippen LogP contribution is 2.22. The second-order valence-corrected chi connectivity index (χ2v) is 3.76. The quantitative estimate of drug-likeness (QED) is 0.808. The van der Waals surface area contributed by atoms with Gasteiger partial charge in [0.2, 0.25) is 0 Å². The monoisotopic (exact) mass is 211 g/mol. The van der Waals surface area contributed by atoms with E-state index in [1.165, 1.54) is 0 Å². The van der Waals surface area contributed by atoms with Crippen LogP contribution in [0, 0.1) is 0 Å². The van der Waals surface area contributed by atoms with Crippen LogP contribution in [0.2, 0.25) is 0 Å². The summed E-state index contributed by atoms with van der Waals surface area (Å²) in [6.07, 6.45) is -0.867. The van der Waals surface area contributed by atoms with Gasteiger partial charge in [0.25, 0.3) is 0 Å². The van der Waals surface area contributed by atoms with Crippen LogP contribution >= 0.6 is 0 Å². The molecule has 3 heteroatoms. The zero-order chi connectivity index (χ0) is 11.3. The van der Waals surface area contributed by atoms with E-state index in [9.17, 15) is 4.39 Å². The molecule has 0 saturated carbocycles. The molecule has 0 bridgehead atoms. The fourth-order valence-electron chi connectivity index (χ4n) is 1.35. The maximum absolute atomic E-state index is 13.5. The lowest BCUT2D eigenvalue weighted by Crippen LogP contribution is -2.14. The number of hydrogen-bond donors (Lipinski definition) is 1. The Bertz CT molecular complexity index is 301. The zero-order valence-electron chi connectivity index (χ0n) is 9.46. The maximum atomic E-state index is 13.5. The minimum absolute atomic E-state index is 0.114. The second kappa shape index (κ2) is 5.71. The first-order valence-electron chi connectivity index (χ1n) is 5.18. The van der Waals surface area contributed by atoms with E-state index in [0.29, 0.717) is 12.1 Å². The molecule has 1 aromatic rings. The first-order valence-corrected chi connectivity index (χ1v) is 5.18. The van der Waals surface area contributed by atoms with Crippen molar-refractivity contribution in [3.05, 3.63) is 29.8 Å². The van der Waals surface area contributed by atoms with Crippen LogP contribution in [0.1, 0.15) is 25.6 Å². The highest BCUT2D eigenvalue weighted by atomic mass is 19.1. The molecule has 0 heterocycles. The van der Waals surface area contributed by atoms with Gasteiger partial charge in [0.15, 0.2) is 0 Å². The Morgan fingerprint density at radius 1 is 1.40 bits per heavy atom. The minimum Gasteiger partial charge on any atom is -0.491 e. The molecule has 0 aliphatic heterocycles. The molecule has 0 spiro atoms. The van der Waals surface area contributed by atoms with Crippen LogP contribution < -0.4 is 10.1 Å². The summed E-state index contributed by atoms with van der Waals surface area (Å²) in [6, 6.07) is 7.18.